The monoisotopic (exact) mass is 404 g/mol. The molecule has 0 aromatic heterocycles. The summed E-state index contributed by atoms with van der Waals surface area (Å²) in [5.41, 5.74) is 3.64. The zero-order valence-corrected chi connectivity index (χ0v) is 17.8. The van der Waals surface area contributed by atoms with Crippen molar-refractivity contribution in [3.63, 3.8) is 0 Å². The maximum Gasteiger partial charge on any atom is 0.343 e. The van der Waals surface area contributed by atoms with Crippen LogP contribution in [0.25, 0.3) is 11.1 Å². The lowest BCUT2D eigenvalue weighted by molar-refractivity contribution is 0.0734. The van der Waals surface area contributed by atoms with Gasteiger partial charge in [0.2, 0.25) is 0 Å². The summed E-state index contributed by atoms with van der Waals surface area (Å²) in [5, 5.41) is 0. The molecule has 0 saturated heterocycles. The molecule has 4 heteroatoms. The molecule has 0 aliphatic carbocycles. The Labute approximate surface area is 178 Å². The van der Waals surface area contributed by atoms with Crippen LogP contribution < -0.4 is 9.47 Å². The second kappa shape index (κ2) is 10.6. The van der Waals surface area contributed by atoms with E-state index in [1.807, 2.05) is 55.5 Å². The van der Waals surface area contributed by atoms with Crippen LogP contribution in [0.15, 0.2) is 72.8 Å². The molecule has 0 radical (unpaired) electrons. The number of hydrogen-bond donors (Lipinski definition) is 0. The molecule has 0 heterocycles. The molecule has 1 unspecified atom stereocenters. The van der Waals surface area contributed by atoms with Crippen molar-refractivity contribution in [1.82, 2.24) is 0 Å². The third-order valence-electron chi connectivity index (χ3n) is 4.99. The van der Waals surface area contributed by atoms with E-state index in [9.17, 15) is 4.79 Å². The van der Waals surface area contributed by atoms with Crippen LogP contribution >= 0.6 is 0 Å². The van der Waals surface area contributed by atoms with Gasteiger partial charge in [0, 0.05) is 7.11 Å². The Balaban J connectivity index is 1.61. The summed E-state index contributed by atoms with van der Waals surface area (Å²) in [6, 6.07) is 22.8. The SMILES string of the molecule is CCCCOc1ccc(-c2ccc(C(=O)Oc3ccc(C(C)OC)cc3)cc2)cc1. The predicted octanol–water partition coefficient (Wildman–Crippen LogP) is 6.46. The van der Waals surface area contributed by atoms with Gasteiger partial charge in [0.25, 0.3) is 0 Å². The molecule has 0 fully saturated rings. The number of hydrogen-bond acceptors (Lipinski definition) is 4. The summed E-state index contributed by atoms with van der Waals surface area (Å²) in [4.78, 5) is 12.4. The molecule has 30 heavy (non-hydrogen) atoms. The van der Waals surface area contributed by atoms with E-state index < -0.39 is 0 Å². The van der Waals surface area contributed by atoms with E-state index >= 15 is 0 Å². The number of carbonyl (C=O) groups excluding carboxylic acids is 1. The summed E-state index contributed by atoms with van der Waals surface area (Å²) in [5.74, 6) is 1.00. The number of carbonyl (C=O) groups is 1. The molecule has 1 atom stereocenters. The van der Waals surface area contributed by atoms with Crippen LogP contribution in [0.3, 0.4) is 0 Å². The zero-order valence-electron chi connectivity index (χ0n) is 17.8. The van der Waals surface area contributed by atoms with Gasteiger partial charge in [-0.15, -0.1) is 0 Å². The predicted molar refractivity (Wildman–Crippen MR) is 119 cm³/mol. The first-order valence-electron chi connectivity index (χ1n) is 10.3. The number of unbranched alkanes of at least 4 members (excludes halogenated alkanes) is 1. The van der Waals surface area contributed by atoms with Crippen molar-refractivity contribution < 1.29 is 19.0 Å². The third kappa shape index (κ3) is 5.71. The first-order valence-corrected chi connectivity index (χ1v) is 10.3. The minimum atomic E-state index is -0.381. The van der Waals surface area contributed by atoms with Gasteiger partial charge in [-0.25, -0.2) is 4.79 Å². The van der Waals surface area contributed by atoms with Crippen molar-refractivity contribution in [2.24, 2.45) is 0 Å². The number of methoxy groups -OCH3 is 1. The topological polar surface area (TPSA) is 44.8 Å². The Kier molecular flexibility index (Phi) is 7.63. The first kappa shape index (κ1) is 21.6. The van der Waals surface area contributed by atoms with Crippen molar-refractivity contribution in [2.45, 2.75) is 32.8 Å². The molecule has 3 rings (SSSR count). The summed E-state index contributed by atoms with van der Waals surface area (Å²) >= 11 is 0. The molecule has 0 saturated carbocycles. The molecular formula is C26H28O4. The van der Waals surface area contributed by atoms with Crippen molar-refractivity contribution in [3.8, 4) is 22.6 Å². The van der Waals surface area contributed by atoms with E-state index in [0.717, 1.165) is 41.9 Å². The molecule has 3 aromatic rings. The standard InChI is InChI=1S/C26H28O4/c1-4-5-18-29-24-14-12-22(13-15-24)21-6-8-23(9-7-21)26(27)30-25-16-10-20(11-17-25)19(2)28-3/h6-17,19H,4-5,18H2,1-3H3. The van der Waals surface area contributed by atoms with E-state index in [1.165, 1.54) is 0 Å². The number of ether oxygens (including phenoxy) is 3. The Hall–Kier alpha value is -3.11. The first-order chi connectivity index (χ1) is 14.6. The van der Waals surface area contributed by atoms with Crippen LogP contribution in [0.2, 0.25) is 0 Å². The van der Waals surface area contributed by atoms with Crippen LogP contribution in [0.4, 0.5) is 0 Å². The van der Waals surface area contributed by atoms with Gasteiger partial charge in [-0.2, -0.15) is 0 Å². The molecule has 0 aliphatic rings. The Bertz CT molecular complexity index is 928. The Morgan fingerprint density at radius 2 is 1.40 bits per heavy atom. The van der Waals surface area contributed by atoms with Crippen LogP contribution in [-0.2, 0) is 4.74 Å². The minimum Gasteiger partial charge on any atom is -0.494 e. The maximum absolute atomic E-state index is 12.4. The molecule has 3 aromatic carbocycles. The summed E-state index contributed by atoms with van der Waals surface area (Å²) in [6.07, 6.45) is 2.17. The Morgan fingerprint density at radius 3 is 1.97 bits per heavy atom. The van der Waals surface area contributed by atoms with Crippen molar-refractivity contribution in [2.75, 3.05) is 13.7 Å². The lowest BCUT2D eigenvalue weighted by Crippen LogP contribution is -2.08. The average Bonchev–Trinajstić information content (AvgIpc) is 2.80. The zero-order chi connectivity index (χ0) is 21.3. The Morgan fingerprint density at radius 1 is 0.833 bits per heavy atom. The fraction of sp³-hybridized carbons (Fsp3) is 0.269. The van der Waals surface area contributed by atoms with E-state index in [0.29, 0.717) is 11.3 Å². The summed E-state index contributed by atoms with van der Waals surface area (Å²) in [7, 11) is 1.66. The van der Waals surface area contributed by atoms with E-state index in [4.69, 9.17) is 14.2 Å². The lowest BCUT2D eigenvalue weighted by atomic mass is 10.0. The molecule has 0 N–H and O–H groups in total. The molecule has 0 bridgehead atoms. The second-order valence-corrected chi connectivity index (χ2v) is 7.14. The van der Waals surface area contributed by atoms with Crippen molar-refractivity contribution in [1.29, 1.82) is 0 Å². The van der Waals surface area contributed by atoms with Crippen molar-refractivity contribution >= 4 is 5.97 Å². The van der Waals surface area contributed by atoms with Gasteiger partial charge >= 0.3 is 5.97 Å². The van der Waals surface area contributed by atoms with Crippen LogP contribution in [0.5, 0.6) is 11.5 Å². The highest BCUT2D eigenvalue weighted by Crippen LogP contribution is 2.24. The lowest BCUT2D eigenvalue weighted by Gasteiger charge is -2.11. The normalized spacial score (nSPS) is 11.7. The van der Waals surface area contributed by atoms with Crippen LogP contribution in [0.1, 0.15) is 48.7 Å². The molecular weight excluding hydrogens is 376 g/mol. The van der Waals surface area contributed by atoms with Gasteiger partial charge in [0.15, 0.2) is 0 Å². The van der Waals surface area contributed by atoms with Gasteiger partial charge < -0.3 is 14.2 Å². The third-order valence-corrected chi connectivity index (χ3v) is 4.99. The van der Waals surface area contributed by atoms with Gasteiger partial charge in [0.1, 0.15) is 11.5 Å². The summed E-state index contributed by atoms with van der Waals surface area (Å²) < 4.78 is 16.5. The van der Waals surface area contributed by atoms with Crippen molar-refractivity contribution in [3.05, 3.63) is 83.9 Å². The number of rotatable bonds is 9. The molecule has 156 valence electrons. The molecule has 0 aliphatic heterocycles. The molecule has 0 spiro atoms. The molecule has 0 amide bonds. The second-order valence-electron chi connectivity index (χ2n) is 7.14. The van der Waals surface area contributed by atoms with Crippen LogP contribution in [-0.4, -0.2) is 19.7 Å². The van der Waals surface area contributed by atoms with Gasteiger partial charge in [-0.05, 0) is 66.4 Å². The largest absolute Gasteiger partial charge is 0.494 e. The fourth-order valence-corrected chi connectivity index (χ4v) is 2.99. The molecule has 4 nitrogen and oxygen atoms in total. The number of esters is 1. The van der Waals surface area contributed by atoms with E-state index in [1.54, 1.807) is 31.4 Å². The van der Waals surface area contributed by atoms with Crippen LogP contribution in [0, 0.1) is 0 Å². The van der Waals surface area contributed by atoms with Gasteiger partial charge in [-0.3, -0.25) is 0 Å². The minimum absolute atomic E-state index is 0.000681. The smallest absolute Gasteiger partial charge is 0.343 e. The van der Waals surface area contributed by atoms with E-state index in [2.05, 4.69) is 6.92 Å². The number of benzene rings is 3. The highest BCUT2D eigenvalue weighted by Gasteiger charge is 2.10. The quantitative estimate of drug-likeness (QED) is 0.233. The highest BCUT2D eigenvalue weighted by atomic mass is 16.5. The summed E-state index contributed by atoms with van der Waals surface area (Å²) in [6.45, 7) is 4.85. The maximum atomic E-state index is 12.4. The fourth-order valence-electron chi connectivity index (χ4n) is 2.99. The average molecular weight is 405 g/mol. The van der Waals surface area contributed by atoms with E-state index in [-0.39, 0.29) is 12.1 Å². The van der Waals surface area contributed by atoms with Gasteiger partial charge in [0.05, 0.1) is 18.3 Å². The highest BCUT2D eigenvalue weighted by molar-refractivity contribution is 5.91. The van der Waals surface area contributed by atoms with Gasteiger partial charge in [-0.1, -0.05) is 49.7 Å².